The van der Waals surface area contributed by atoms with Gasteiger partial charge in [0.15, 0.2) is 0 Å². The zero-order valence-corrected chi connectivity index (χ0v) is 14.0. The van der Waals surface area contributed by atoms with E-state index >= 15 is 0 Å². The number of rotatable bonds is 6. The molecule has 0 fully saturated rings. The highest BCUT2D eigenvalue weighted by Gasteiger charge is 2.25. The lowest BCUT2D eigenvalue weighted by molar-refractivity contribution is 0.162. The van der Waals surface area contributed by atoms with Crippen LogP contribution < -0.4 is 4.72 Å². The van der Waals surface area contributed by atoms with Gasteiger partial charge in [0.25, 0.3) is 0 Å². The smallest absolute Gasteiger partial charge is 0.208 e. The second-order valence-electron chi connectivity index (χ2n) is 5.47. The molecule has 3 heterocycles. The summed E-state index contributed by atoms with van der Waals surface area (Å²) in [5, 5.41) is 7.47. The Morgan fingerprint density at radius 2 is 2.32 bits per heavy atom. The van der Waals surface area contributed by atoms with E-state index in [0.29, 0.717) is 6.54 Å². The molecule has 0 bridgehead atoms. The average molecular weight is 341 g/mol. The lowest BCUT2D eigenvalue weighted by atomic mass is 10.1. The first-order valence-corrected chi connectivity index (χ1v) is 9.86. The third-order valence-electron chi connectivity index (χ3n) is 3.64. The molecule has 1 atom stereocenters. The lowest BCUT2D eigenvalue weighted by Gasteiger charge is -2.33. The van der Waals surface area contributed by atoms with Gasteiger partial charge in [-0.15, -0.1) is 11.3 Å². The Kier molecular flexibility index (Phi) is 4.57. The van der Waals surface area contributed by atoms with Crippen molar-refractivity contribution in [2.45, 2.75) is 25.6 Å². The Bertz CT molecular complexity index is 711. The molecule has 0 aliphatic carbocycles. The number of nitrogens with zero attached hydrogens (tertiary/aromatic N) is 4. The molecule has 1 N–H and O–H groups in total. The molecule has 3 rings (SSSR count). The minimum absolute atomic E-state index is 0.174. The van der Waals surface area contributed by atoms with Crippen LogP contribution in [0.15, 0.2) is 23.8 Å². The molecule has 0 radical (unpaired) electrons. The van der Waals surface area contributed by atoms with Crippen molar-refractivity contribution >= 4 is 21.4 Å². The summed E-state index contributed by atoms with van der Waals surface area (Å²) in [6, 6.07) is 2.19. The monoisotopic (exact) mass is 341 g/mol. The van der Waals surface area contributed by atoms with Crippen LogP contribution in [0.5, 0.6) is 0 Å². The topological polar surface area (TPSA) is 80.1 Å². The van der Waals surface area contributed by atoms with Gasteiger partial charge in [0.2, 0.25) is 10.0 Å². The molecule has 2 aromatic heterocycles. The zero-order valence-electron chi connectivity index (χ0n) is 12.3. The number of hydrogen-bond acceptors (Lipinski definition) is 6. The van der Waals surface area contributed by atoms with Crippen LogP contribution in [0.4, 0.5) is 0 Å². The first-order valence-electron chi connectivity index (χ1n) is 7.09. The summed E-state index contributed by atoms with van der Waals surface area (Å²) < 4.78 is 27.0. The molecule has 0 spiro atoms. The number of thiazole rings is 1. The van der Waals surface area contributed by atoms with Crippen molar-refractivity contribution in [1.29, 1.82) is 0 Å². The van der Waals surface area contributed by atoms with Crippen LogP contribution in [0.3, 0.4) is 0 Å². The Morgan fingerprint density at radius 3 is 3.05 bits per heavy atom. The molecule has 7 nitrogen and oxygen atoms in total. The number of fused-ring (bicyclic) bond motifs is 1. The second kappa shape index (κ2) is 6.45. The second-order valence-corrected chi connectivity index (χ2v) is 8.28. The van der Waals surface area contributed by atoms with Crippen molar-refractivity contribution in [3.8, 4) is 0 Å². The summed E-state index contributed by atoms with van der Waals surface area (Å²) >= 11 is 1.66. The normalized spacial score (nSPS) is 19.2. The molecular formula is C13H19N5O2S2. The molecule has 0 amide bonds. The summed E-state index contributed by atoms with van der Waals surface area (Å²) in [6.07, 6.45) is 5.53. The molecule has 1 aliphatic heterocycles. The Labute approximate surface area is 134 Å². The highest BCUT2D eigenvalue weighted by Crippen LogP contribution is 2.24. The summed E-state index contributed by atoms with van der Waals surface area (Å²) in [5.41, 5.74) is 1.16. The Balaban J connectivity index is 1.66. The van der Waals surface area contributed by atoms with Gasteiger partial charge in [0.1, 0.15) is 5.01 Å². The molecule has 1 aliphatic rings. The van der Waals surface area contributed by atoms with E-state index in [1.54, 1.807) is 17.5 Å². The fourth-order valence-corrected chi connectivity index (χ4v) is 3.88. The van der Waals surface area contributed by atoms with E-state index in [1.165, 1.54) is 6.26 Å². The number of nitrogens with one attached hydrogen (secondary N) is 1. The molecular weight excluding hydrogens is 322 g/mol. The molecule has 0 saturated carbocycles. The molecule has 120 valence electrons. The molecule has 0 saturated heterocycles. The fraction of sp³-hybridized carbons (Fsp3) is 0.538. The van der Waals surface area contributed by atoms with Crippen LogP contribution in [0.25, 0.3) is 0 Å². The molecule has 9 heteroatoms. The standard InChI is InChI=1S/C13H19N5O2S2/c1-22(19,20)16-5-3-12-9-17(10-13-14-6-7-21-13)8-11-2-4-15-18(11)12/h2,4,6-7,12,16H,3,5,8-10H2,1H3. The minimum atomic E-state index is -3.15. The minimum Gasteiger partial charge on any atom is -0.289 e. The van der Waals surface area contributed by atoms with Gasteiger partial charge in [-0.25, -0.2) is 18.1 Å². The van der Waals surface area contributed by atoms with Gasteiger partial charge >= 0.3 is 0 Å². The van der Waals surface area contributed by atoms with Crippen molar-refractivity contribution in [1.82, 2.24) is 24.4 Å². The summed E-state index contributed by atoms with van der Waals surface area (Å²) in [6.45, 7) is 2.93. The zero-order chi connectivity index (χ0) is 15.6. The molecule has 22 heavy (non-hydrogen) atoms. The van der Waals surface area contributed by atoms with E-state index in [9.17, 15) is 8.42 Å². The SMILES string of the molecule is CS(=O)(=O)NCCC1CN(Cc2nccs2)Cc2ccnn21. The average Bonchev–Trinajstić information content (AvgIpc) is 3.08. The van der Waals surface area contributed by atoms with Gasteiger partial charge in [-0.3, -0.25) is 9.58 Å². The van der Waals surface area contributed by atoms with Crippen molar-refractivity contribution in [3.63, 3.8) is 0 Å². The van der Waals surface area contributed by atoms with Crippen LogP contribution in [-0.4, -0.2) is 47.4 Å². The summed E-state index contributed by atoms with van der Waals surface area (Å²) in [5.74, 6) is 0. The van der Waals surface area contributed by atoms with Crippen molar-refractivity contribution in [3.05, 3.63) is 34.5 Å². The van der Waals surface area contributed by atoms with Crippen LogP contribution in [0, 0.1) is 0 Å². The number of sulfonamides is 1. The third kappa shape index (κ3) is 3.92. The van der Waals surface area contributed by atoms with Crippen LogP contribution in [0.2, 0.25) is 0 Å². The highest BCUT2D eigenvalue weighted by molar-refractivity contribution is 7.88. The van der Waals surface area contributed by atoms with Crippen LogP contribution in [-0.2, 0) is 23.1 Å². The van der Waals surface area contributed by atoms with Crippen LogP contribution in [0.1, 0.15) is 23.2 Å². The predicted octanol–water partition coefficient (Wildman–Crippen LogP) is 0.836. The molecule has 2 aromatic rings. The maximum atomic E-state index is 11.2. The maximum absolute atomic E-state index is 11.2. The maximum Gasteiger partial charge on any atom is 0.208 e. The summed E-state index contributed by atoms with van der Waals surface area (Å²) in [4.78, 5) is 6.67. The van der Waals surface area contributed by atoms with E-state index < -0.39 is 10.0 Å². The van der Waals surface area contributed by atoms with Gasteiger partial charge in [-0.2, -0.15) is 5.10 Å². The first kappa shape index (κ1) is 15.6. The van der Waals surface area contributed by atoms with E-state index in [2.05, 4.69) is 19.7 Å². The van der Waals surface area contributed by atoms with E-state index in [0.717, 1.165) is 36.8 Å². The van der Waals surface area contributed by atoms with Crippen molar-refractivity contribution < 1.29 is 8.42 Å². The quantitative estimate of drug-likeness (QED) is 0.842. The van der Waals surface area contributed by atoms with E-state index in [1.807, 2.05) is 22.3 Å². The largest absolute Gasteiger partial charge is 0.289 e. The van der Waals surface area contributed by atoms with Gasteiger partial charge in [0, 0.05) is 37.4 Å². The van der Waals surface area contributed by atoms with Gasteiger partial charge in [-0.05, 0) is 12.5 Å². The van der Waals surface area contributed by atoms with Crippen molar-refractivity contribution in [2.75, 3.05) is 19.3 Å². The van der Waals surface area contributed by atoms with E-state index in [4.69, 9.17) is 0 Å². The highest BCUT2D eigenvalue weighted by atomic mass is 32.2. The lowest BCUT2D eigenvalue weighted by Crippen LogP contribution is -2.38. The predicted molar refractivity (Wildman–Crippen MR) is 85.0 cm³/mol. The molecule has 1 unspecified atom stereocenters. The Hall–Kier alpha value is -1.29. The molecule has 0 aromatic carbocycles. The van der Waals surface area contributed by atoms with Gasteiger partial charge in [-0.1, -0.05) is 0 Å². The third-order valence-corrected chi connectivity index (χ3v) is 5.13. The fourth-order valence-electron chi connectivity index (χ4n) is 2.73. The number of hydrogen-bond donors (Lipinski definition) is 1. The van der Waals surface area contributed by atoms with Crippen LogP contribution >= 0.6 is 11.3 Å². The summed E-state index contributed by atoms with van der Waals surface area (Å²) in [7, 11) is -3.15. The first-order chi connectivity index (χ1) is 10.5. The Morgan fingerprint density at radius 1 is 1.45 bits per heavy atom. The number of aromatic nitrogens is 3. The van der Waals surface area contributed by atoms with E-state index in [-0.39, 0.29) is 6.04 Å². The van der Waals surface area contributed by atoms with Crippen molar-refractivity contribution in [2.24, 2.45) is 0 Å². The van der Waals surface area contributed by atoms with Gasteiger partial charge in [0.05, 0.1) is 24.5 Å². The van der Waals surface area contributed by atoms with Gasteiger partial charge < -0.3 is 0 Å².